The van der Waals surface area contributed by atoms with E-state index in [2.05, 4.69) is 97.3 Å². The minimum Gasteiger partial charge on any atom is -0.389 e. The third-order valence-corrected chi connectivity index (χ3v) is 6.99. The zero-order chi connectivity index (χ0) is 21.3. The van der Waals surface area contributed by atoms with Gasteiger partial charge >= 0.3 is 0 Å². The van der Waals surface area contributed by atoms with Crippen LogP contribution in [0.15, 0.2) is 84.9 Å². The van der Waals surface area contributed by atoms with Crippen LogP contribution in [0.1, 0.15) is 43.6 Å². The Morgan fingerprint density at radius 1 is 0.710 bits per heavy atom. The highest BCUT2D eigenvalue weighted by Gasteiger charge is 2.36. The molecule has 4 aromatic carbocycles. The van der Waals surface area contributed by atoms with Gasteiger partial charge in [-0.15, -0.1) is 0 Å². The second-order valence-corrected chi connectivity index (χ2v) is 9.21. The number of nitrogens with zero attached hydrogens (tertiary/aromatic N) is 1. The Balaban J connectivity index is 1.78. The van der Waals surface area contributed by atoms with Gasteiger partial charge in [-0.25, -0.2) is 0 Å². The molecule has 31 heavy (non-hydrogen) atoms. The van der Waals surface area contributed by atoms with Crippen LogP contribution in [0.4, 0.5) is 0 Å². The van der Waals surface area contributed by atoms with Gasteiger partial charge in [-0.05, 0) is 71.1 Å². The lowest BCUT2D eigenvalue weighted by atomic mass is 9.82. The number of aliphatic hydroxyl groups is 1. The zero-order valence-electron chi connectivity index (χ0n) is 18.1. The minimum absolute atomic E-state index is 0.0388. The van der Waals surface area contributed by atoms with Crippen LogP contribution in [-0.4, -0.2) is 9.67 Å². The molecule has 2 nitrogen and oxygen atoms in total. The molecule has 1 aromatic heterocycles. The molecule has 1 heterocycles. The van der Waals surface area contributed by atoms with Crippen LogP contribution < -0.4 is 0 Å². The Bertz CT molecular complexity index is 1470. The Morgan fingerprint density at radius 3 is 2.19 bits per heavy atom. The van der Waals surface area contributed by atoms with E-state index in [-0.39, 0.29) is 5.41 Å². The van der Waals surface area contributed by atoms with Crippen molar-refractivity contribution >= 4 is 21.8 Å². The average molecular weight is 404 g/mol. The van der Waals surface area contributed by atoms with Gasteiger partial charge in [-0.3, -0.25) is 0 Å². The highest BCUT2D eigenvalue weighted by Crippen LogP contribution is 2.50. The number of rotatable bonds is 2. The van der Waals surface area contributed by atoms with Crippen LogP contribution in [0.25, 0.3) is 38.6 Å². The molecular formula is C29H25NO. The quantitative estimate of drug-likeness (QED) is 0.333. The zero-order valence-corrected chi connectivity index (χ0v) is 18.1. The summed E-state index contributed by atoms with van der Waals surface area (Å²) in [5, 5.41) is 12.6. The van der Waals surface area contributed by atoms with Gasteiger partial charge in [-0.2, -0.15) is 0 Å². The van der Waals surface area contributed by atoms with Crippen LogP contribution in [0.3, 0.4) is 0 Å². The Morgan fingerprint density at radius 2 is 1.42 bits per heavy atom. The molecule has 152 valence electrons. The number of hydrogen-bond donors (Lipinski definition) is 1. The molecule has 0 bridgehead atoms. The summed E-state index contributed by atoms with van der Waals surface area (Å²) in [7, 11) is 0. The molecule has 0 spiro atoms. The Hall–Kier alpha value is -3.36. The summed E-state index contributed by atoms with van der Waals surface area (Å²) < 4.78 is 2.36. The number of benzene rings is 4. The number of hydrogen-bond acceptors (Lipinski definition) is 1. The van der Waals surface area contributed by atoms with Crippen molar-refractivity contribution in [1.82, 2.24) is 4.57 Å². The van der Waals surface area contributed by atoms with E-state index in [1.165, 1.54) is 44.1 Å². The highest BCUT2D eigenvalue weighted by molar-refractivity contribution is 6.11. The largest absolute Gasteiger partial charge is 0.389 e. The van der Waals surface area contributed by atoms with Gasteiger partial charge in [0.15, 0.2) is 0 Å². The topological polar surface area (TPSA) is 25.2 Å². The van der Waals surface area contributed by atoms with Crippen LogP contribution in [0.2, 0.25) is 0 Å². The molecule has 1 N–H and O–H groups in total. The molecule has 6 rings (SSSR count). The lowest BCUT2D eigenvalue weighted by molar-refractivity contribution is 0.199. The van der Waals surface area contributed by atoms with Crippen molar-refractivity contribution in [2.24, 2.45) is 0 Å². The Labute approximate surface area is 182 Å². The second kappa shape index (κ2) is 6.32. The number of para-hydroxylation sites is 1. The maximum Gasteiger partial charge on any atom is 0.0762 e. The third-order valence-electron chi connectivity index (χ3n) is 6.99. The van der Waals surface area contributed by atoms with Gasteiger partial charge in [-0.1, -0.05) is 62.4 Å². The first kappa shape index (κ1) is 18.4. The SMILES string of the molecule is CC(O)c1ccc2c(c1)c1cc3c(cc1n2-c1ccccc1)C(C)(C)c1ccccc1-3. The van der Waals surface area contributed by atoms with E-state index in [4.69, 9.17) is 0 Å². The molecule has 0 aliphatic heterocycles. The minimum atomic E-state index is -0.492. The van der Waals surface area contributed by atoms with Gasteiger partial charge in [0.2, 0.25) is 0 Å². The van der Waals surface area contributed by atoms with Gasteiger partial charge in [0, 0.05) is 21.9 Å². The molecule has 0 amide bonds. The fraction of sp³-hybridized carbons (Fsp3) is 0.172. The lowest BCUT2D eigenvalue weighted by Crippen LogP contribution is -2.14. The molecule has 2 heteroatoms. The van der Waals surface area contributed by atoms with Gasteiger partial charge in [0.1, 0.15) is 0 Å². The Kier molecular flexibility index (Phi) is 3.75. The van der Waals surface area contributed by atoms with Crippen LogP contribution in [0.5, 0.6) is 0 Å². The summed E-state index contributed by atoms with van der Waals surface area (Å²) in [5.74, 6) is 0. The van der Waals surface area contributed by atoms with E-state index in [9.17, 15) is 5.11 Å². The smallest absolute Gasteiger partial charge is 0.0762 e. The molecule has 0 fully saturated rings. The normalized spacial score (nSPS) is 15.2. The maximum atomic E-state index is 10.2. The van der Waals surface area contributed by atoms with Crippen LogP contribution in [-0.2, 0) is 5.41 Å². The molecule has 1 unspecified atom stereocenters. The van der Waals surface area contributed by atoms with E-state index in [0.29, 0.717) is 0 Å². The van der Waals surface area contributed by atoms with Crippen molar-refractivity contribution in [3.8, 4) is 16.8 Å². The molecule has 0 saturated carbocycles. The van der Waals surface area contributed by atoms with Crippen LogP contribution >= 0.6 is 0 Å². The summed E-state index contributed by atoms with van der Waals surface area (Å²) in [6.07, 6.45) is -0.492. The second-order valence-electron chi connectivity index (χ2n) is 9.21. The predicted octanol–water partition coefficient (Wildman–Crippen LogP) is 7.14. The monoisotopic (exact) mass is 403 g/mol. The third kappa shape index (κ3) is 2.49. The summed E-state index contributed by atoms with van der Waals surface area (Å²) >= 11 is 0. The highest BCUT2D eigenvalue weighted by atomic mass is 16.3. The number of fused-ring (bicyclic) bond motifs is 6. The first-order valence-electron chi connectivity index (χ1n) is 10.9. The van der Waals surface area contributed by atoms with Crippen molar-refractivity contribution in [3.63, 3.8) is 0 Å². The molecule has 0 saturated heterocycles. The summed E-state index contributed by atoms with van der Waals surface area (Å²) in [6.45, 7) is 6.48. The molecule has 1 aliphatic carbocycles. The van der Waals surface area contributed by atoms with Gasteiger partial charge in [0.05, 0.1) is 17.1 Å². The summed E-state index contributed by atoms with van der Waals surface area (Å²) in [6, 6.07) is 30.4. The van der Waals surface area contributed by atoms with Crippen molar-refractivity contribution in [3.05, 3.63) is 102 Å². The van der Waals surface area contributed by atoms with E-state index in [0.717, 1.165) is 11.3 Å². The van der Waals surface area contributed by atoms with Gasteiger partial charge in [0.25, 0.3) is 0 Å². The maximum absolute atomic E-state index is 10.2. The molecule has 0 radical (unpaired) electrons. The van der Waals surface area contributed by atoms with E-state index in [1.54, 1.807) is 0 Å². The first-order chi connectivity index (χ1) is 15.0. The fourth-order valence-corrected chi connectivity index (χ4v) is 5.35. The molecule has 1 aliphatic rings. The molecular weight excluding hydrogens is 378 g/mol. The van der Waals surface area contributed by atoms with Crippen LogP contribution in [0, 0.1) is 0 Å². The van der Waals surface area contributed by atoms with Crippen molar-refractivity contribution in [2.75, 3.05) is 0 Å². The first-order valence-corrected chi connectivity index (χ1v) is 10.9. The van der Waals surface area contributed by atoms with E-state index < -0.39 is 6.10 Å². The predicted molar refractivity (Wildman–Crippen MR) is 129 cm³/mol. The molecule has 1 atom stereocenters. The summed E-state index contributed by atoms with van der Waals surface area (Å²) in [4.78, 5) is 0. The lowest BCUT2D eigenvalue weighted by Gasteiger charge is -2.21. The number of aromatic nitrogens is 1. The average Bonchev–Trinajstić information content (AvgIpc) is 3.22. The van der Waals surface area contributed by atoms with Crippen molar-refractivity contribution < 1.29 is 5.11 Å². The van der Waals surface area contributed by atoms with E-state index in [1.807, 2.05) is 13.0 Å². The van der Waals surface area contributed by atoms with Gasteiger partial charge < -0.3 is 9.67 Å². The van der Waals surface area contributed by atoms with E-state index >= 15 is 0 Å². The molecule has 5 aromatic rings. The van der Waals surface area contributed by atoms with Crippen molar-refractivity contribution in [2.45, 2.75) is 32.3 Å². The van der Waals surface area contributed by atoms with Crippen molar-refractivity contribution in [1.29, 1.82) is 0 Å². The summed E-state index contributed by atoms with van der Waals surface area (Å²) in [5.41, 5.74) is 9.85. The fourth-order valence-electron chi connectivity index (χ4n) is 5.35. The number of aliphatic hydroxyl groups excluding tert-OH is 1. The standard InChI is InChI=1S/C29H25NO/c1-18(31)19-13-14-27-23(15-19)24-16-22-21-11-7-8-12-25(21)29(2,3)26(22)17-28(24)30(27)20-9-5-4-6-10-20/h4-18,31H,1-3H3.